The fourth-order valence-corrected chi connectivity index (χ4v) is 0.836. The van der Waals surface area contributed by atoms with Crippen LogP contribution in [0, 0.1) is 0 Å². The monoisotopic (exact) mass is 178 g/mol. The van der Waals surface area contributed by atoms with Crippen LogP contribution >= 0.6 is 0 Å². The van der Waals surface area contributed by atoms with E-state index in [1.807, 2.05) is 20.8 Å². The molecule has 0 aliphatic carbocycles. The molecule has 0 atom stereocenters. The van der Waals surface area contributed by atoms with Gasteiger partial charge in [-0.05, 0) is 20.8 Å². The molecule has 0 heterocycles. The van der Waals surface area contributed by atoms with Crippen LogP contribution in [-0.2, 0) is 0 Å². The number of aliphatic hydroxyl groups is 1. The zero-order valence-corrected chi connectivity index (χ0v) is 7.60. The second-order valence-corrected chi connectivity index (χ2v) is 3.38. The number of β-amino-alcohol motifs (C(OH)–C–C–N with tert-alkyl or cyclic N) is 1. The minimum atomic E-state index is -0.413. The van der Waals surface area contributed by atoms with Gasteiger partial charge in [-0.25, -0.2) is 5.21 Å². The molecule has 0 aliphatic rings. The number of hydrogen-bond donors (Lipinski definition) is 3. The summed E-state index contributed by atoms with van der Waals surface area (Å²) in [6.45, 7) is 5.53. The van der Waals surface area contributed by atoms with E-state index in [1.54, 1.807) is 0 Å². The van der Waals surface area contributed by atoms with Gasteiger partial charge in [-0.15, -0.1) is 5.01 Å². The predicted octanol–water partition coefficient (Wildman–Crippen LogP) is 0.237. The Kier molecular flexibility index (Phi) is 3.75. The van der Waals surface area contributed by atoms with Gasteiger partial charge in [0.05, 0.1) is 12.1 Å². The van der Waals surface area contributed by atoms with Gasteiger partial charge >= 0.3 is 0 Å². The minimum Gasteiger partial charge on any atom is -0.394 e. The highest BCUT2D eigenvalue weighted by Crippen LogP contribution is 2.11. The molecule has 6 heteroatoms. The molecule has 0 radical (unpaired) electrons. The third-order valence-electron chi connectivity index (χ3n) is 1.38. The second kappa shape index (κ2) is 4.10. The Balaban J connectivity index is 4.44. The van der Waals surface area contributed by atoms with Gasteiger partial charge in [-0.3, -0.25) is 0 Å². The van der Waals surface area contributed by atoms with Gasteiger partial charge in [0.25, 0.3) is 10.2 Å². The van der Waals surface area contributed by atoms with E-state index in [1.165, 1.54) is 5.01 Å². The highest BCUT2D eigenvalue weighted by molar-refractivity contribution is 4.67. The van der Waals surface area contributed by atoms with Gasteiger partial charge in [-0.1, -0.05) is 0 Å². The molecule has 0 amide bonds. The summed E-state index contributed by atoms with van der Waals surface area (Å²) < 4.78 is 0. The topological polar surface area (TPSA) is 79.3 Å². The van der Waals surface area contributed by atoms with Crippen molar-refractivity contribution >= 4 is 0 Å². The lowest BCUT2D eigenvalue weighted by atomic mass is 10.1. The average molecular weight is 178 g/mol. The molecular formula is C6H16N3O3+. The summed E-state index contributed by atoms with van der Waals surface area (Å²) in [6, 6.07) is 0. The molecule has 0 fully saturated rings. The number of aliphatic hydroxyl groups excluding tert-OH is 1. The van der Waals surface area contributed by atoms with E-state index >= 15 is 0 Å². The normalized spacial score (nSPS) is 13.2. The van der Waals surface area contributed by atoms with Gasteiger partial charge in [0.2, 0.25) is 0 Å². The molecule has 6 nitrogen and oxygen atoms in total. The maximum absolute atomic E-state index is 9.02. The van der Waals surface area contributed by atoms with Crippen molar-refractivity contribution in [1.82, 2.24) is 5.01 Å². The molecule has 72 valence electrons. The SMILES string of the molecule is CC(C)(C)N(CCO)[N+](O)=NO. The van der Waals surface area contributed by atoms with E-state index in [0.29, 0.717) is 4.97 Å². The van der Waals surface area contributed by atoms with Crippen molar-refractivity contribution in [3.05, 3.63) is 0 Å². The van der Waals surface area contributed by atoms with Crippen LogP contribution in [-0.4, -0.2) is 44.2 Å². The molecule has 0 spiro atoms. The van der Waals surface area contributed by atoms with Crippen LogP contribution in [0.1, 0.15) is 20.8 Å². The van der Waals surface area contributed by atoms with Crippen LogP contribution in [0.2, 0.25) is 0 Å². The summed E-state index contributed by atoms with van der Waals surface area (Å²) >= 11 is 0. The van der Waals surface area contributed by atoms with Crippen molar-refractivity contribution in [2.24, 2.45) is 5.28 Å². The Morgan fingerprint density at radius 3 is 2.17 bits per heavy atom. The Morgan fingerprint density at radius 1 is 1.42 bits per heavy atom. The number of hydrogen-bond acceptors (Lipinski definition) is 2. The molecule has 3 N–H and O–H groups in total. The third-order valence-corrected chi connectivity index (χ3v) is 1.38. The summed E-state index contributed by atoms with van der Waals surface area (Å²) in [5, 5.41) is 29.8. The fraction of sp³-hybridized carbons (Fsp3) is 1.00. The lowest BCUT2D eigenvalue weighted by molar-refractivity contribution is -0.948. The van der Waals surface area contributed by atoms with Crippen molar-refractivity contribution in [3.8, 4) is 0 Å². The summed E-state index contributed by atoms with van der Waals surface area (Å²) in [4.78, 5) is 0.316. The highest BCUT2D eigenvalue weighted by Gasteiger charge is 2.31. The zero-order valence-electron chi connectivity index (χ0n) is 7.60. The smallest absolute Gasteiger partial charge is 0.271 e. The first-order valence-electron chi connectivity index (χ1n) is 3.66. The number of nitrogens with zero attached hydrogens (tertiary/aromatic N) is 3. The summed E-state index contributed by atoms with van der Waals surface area (Å²) in [6.07, 6.45) is 0. The quantitative estimate of drug-likeness (QED) is 0.328. The summed E-state index contributed by atoms with van der Waals surface area (Å²) in [5.74, 6) is 0. The van der Waals surface area contributed by atoms with Crippen LogP contribution < -0.4 is 0 Å². The summed E-state index contributed by atoms with van der Waals surface area (Å²) in [7, 11) is 0. The van der Waals surface area contributed by atoms with E-state index in [-0.39, 0.29) is 13.2 Å². The molecule has 0 saturated heterocycles. The van der Waals surface area contributed by atoms with Crippen molar-refractivity contribution in [1.29, 1.82) is 0 Å². The molecule has 0 aromatic heterocycles. The lowest BCUT2D eigenvalue weighted by Gasteiger charge is -2.25. The van der Waals surface area contributed by atoms with Crippen LogP contribution in [0.25, 0.3) is 0 Å². The van der Waals surface area contributed by atoms with E-state index in [0.717, 1.165) is 0 Å². The third kappa shape index (κ3) is 2.91. The van der Waals surface area contributed by atoms with E-state index < -0.39 is 5.54 Å². The lowest BCUT2D eigenvalue weighted by Crippen LogP contribution is -2.47. The molecule has 0 unspecified atom stereocenters. The van der Waals surface area contributed by atoms with Crippen LogP contribution in [0.5, 0.6) is 0 Å². The molecule has 0 aromatic rings. The van der Waals surface area contributed by atoms with Crippen LogP contribution in [0.15, 0.2) is 5.28 Å². The standard InChI is InChI=1S/C6H15N3O3/c1-6(2,3)8(4-5-10)9(12)7-11/h10,12H,4-5H2,1-3H3/p+1. The number of hydrazine groups is 1. The first-order chi connectivity index (χ1) is 5.43. The number of rotatable bonds is 3. The van der Waals surface area contributed by atoms with Crippen molar-refractivity contribution in [2.45, 2.75) is 26.3 Å². The van der Waals surface area contributed by atoms with Gasteiger partial charge in [0.1, 0.15) is 6.54 Å². The van der Waals surface area contributed by atoms with Crippen molar-refractivity contribution in [2.75, 3.05) is 13.2 Å². The Labute approximate surface area is 71.2 Å². The zero-order chi connectivity index (χ0) is 9.78. The van der Waals surface area contributed by atoms with Crippen molar-refractivity contribution < 1.29 is 20.5 Å². The first-order valence-corrected chi connectivity index (χ1v) is 3.66. The second-order valence-electron chi connectivity index (χ2n) is 3.38. The highest BCUT2D eigenvalue weighted by atomic mass is 16.6. The van der Waals surface area contributed by atoms with Crippen LogP contribution in [0.4, 0.5) is 0 Å². The van der Waals surface area contributed by atoms with Gasteiger partial charge in [0, 0.05) is 0 Å². The maximum atomic E-state index is 9.02. The predicted molar refractivity (Wildman–Crippen MR) is 39.8 cm³/mol. The van der Waals surface area contributed by atoms with E-state index in [2.05, 4.69) is 5.28 Å². The van der Waals surface area contributed by atoms with E-state index in [4.69, 9.17) is 15.5 Å². The van der Waals surface area contributed by atoms with Gasteiger partial charge < -0.3 is 10.3 Å². The molecule has 0 aliphatic heterocycles. The molecule has 0 aromatic carbocycles. The van der Waals surface area contributed by atoms with Crippen LogP contribution in [0.3, 0.4) is 0 Å². The first kappa shape index (κ1) is 11.0. The molecule has 0 bridgehead atoms. The summed E-state index contributed by atoms with van der Waals surface area (Å²) in [5.41, 5.74) is -0.413. The maximum Gasteiger partial charge on any atom is 0.271 e. The average Bonchev–Trinajstić information content (AvgIpc) is 1.96. The Morgan fingerprint density at radius 2 is 1.92 bits per heavy atom. The van der Waals surface area contributed by atoms with Gasteiger partial charge in [-0.2, -0.15) is 0 Å². The molecule has 0 rings (SSSR count). The fourth-order valence-electron chi connectivity index (χ4n) is 0.836. The minimum absolute atomic E-state index is 0.121. The van der Waals surface area contributed by atoms with Gasteiger partial charge in [0.15, 0.2) is 0 Å². The Hall–Kier alpha value is -1.04. The van der Waals surface area contributed by atoms with E-state index in [9.17, 15) is 0 Å². The molecule has 0 saturated carbocycles. The molecule has 12 heavy (non-hydrogen) atoms. The largest absolute Gasteiger partial charge is 0.394 e. The Bertz CT molecular complexity index is 164. The molecular weight excluding hydrogens is 162 g/mol. The van der Waals surface area contributed by atoms with Crippen molar-refractivity contribution in [3.63, 3.8) is 0 Å².